The average Bonchev–Trinajstić information content (AvgIpc) is 2.44. The van der Waals surface area contributed by atoms with E-state index in [1.807, 2.05) is 33.9 Å². The molecule has 1 amide bonds. The van der Waals surface area contributed by atoms with E-state index in [-0.39, 0.29) is 18.1 Å². The van der Waals surface area contributed by atoms with E-state index in [1.165, 1.54) is 4.90 Å². The van der Waals surface area contributed by atoms with E-state index in [0.29, 0.717) is 0 Å². The lowest BCUT2D eigenvalue weighted by atomic mass is 10.0. The predicted molar refractivity (Wildman–Crippen MR) is 119 cm³/mol. The molecule has 13 heteroatoms. The van der Waals surface area contributed by atoms with Gasteiger partial charge in [0.15, 0.2) is 8.32 Å². The van der Waals surface area contributed by atoms with Crippen molar-refractivity contribution in [2.45, 2.75) is 83.6 Å². The number of nitrogens with zero attached hydrogens (tertiary/aromatic N) is 1. The minimum atomic E-state index is -3.99. The van der Waals surface area contributed by atoms with E-state index in [1.54, 1.807) is 20.8 Å². The van der Waals surface area contributed by atoms with Crippen molar-refractivity contribution in [2.75, 3.05) is 25.6 Å². The summed E-state index contributed by atoms with van der Waals surface area (Å²) < 4.78 is 69.8. The van der Waals surface area contributed by atoms with Crippen molar-refractivity contribution >= 4 is 34.6 Å². The largest absolute Gasteiger partial charge is 0.444 e. The Hall–Kier alpha value is -0.733. The third-order valence-corrected chi connectivity index (χ3v) is 10.7. The second kappa shape index (κ2) is 9.25. The molecule has 0 bridgehead atoms. The zero-order valence-corrected chi connectivity index (χ0v) is 22.7. The first-order valence-electron chi connectivity index (χ1n) is 9.93. The van der Waals surface area contributed by atoms with Gasteiger partial charge >= 0.3 is 6.09 Å². The third kappa shape index (κ3) is 9.34. The number of likely N-dealkylation sites (tertiary alicyclic amines) is 1. The van der Waals surface area contributed by atoms with Crippen LogP contribution >= 0.6 is 0 Å². The predicted octanol–water partition coefficient (Wildman–Crippen LogP) is 2.32. The van der Waals surface area contributed by atoms with Crippen LogP contribution in [0.3, 0.4) is 0 Å². The number of piperidine rings is 1. The summed E-state index contributed by atoms with van der Waals surface area (Å²) in [7, 11) is -10.4. The van der Waals surface area contributed by atoms with Gasteiger partial charge in [-0.2, -0.15) is 16.8 Å². The third-order valence-electron chi connectivity index (χ3n) is 5.02. The molecule has 1 aliphatic heterocycles. The number of rotatable bonds is 6. The van der Waals surface area contributed by atoms with Gasteiger partial charge in [-0.25, -0.2) is 4.79 Å². The number of carbonyl (C=O) groups excluding carboxylic acids is 1. The maximum absolute atomic E-state index is 12.7. The van der Waals surface area contributed by atoms with Gasteiger partial charge in [0.2, 0.25) is 0 Å². The van der Waals surface area contributed by atoms with Gasteiger partial charge in [0.05, 0.1) is 31.7 Å². The normalized spacial score (nSPS) is 24.2. The molecule has 0 aromatic rings. The summed E-state index contributed by atoms with van der Waals surface area (Å²) in [6.07, 6.45) is -2.45. The van der Waals surface area contributed by atoms with Crippen molar-refractivity contribution in [3.63, 3.8) is 0 Å². The molecular formula is C18H37NO9S2Si. The molecule has 0 aliphatic carbocycles. The Morgan fingerprint density at radius 3 is 1.71 bits per heavy atom. The highest BCUT2D eigenvalue weighted by atomic mass is 32.2. The van der Waals surface area contributed by atoms with Gasteiger partial charge in [0.1, 0.15) is 17.8 Å². The van der Waals surface area contributed by atoms with Crippen molar-refractivity contribution < 1.29 is 39.2 Å². The summed E-state index contributed by atoms with van der Waals surface area (Å²) in [4.78, 5) is 14.0. The SMILES string of the molecule is CC(C)(C)OC(=O)N1C[C@@H](O[Si](C)(C)C(C)(C)C)[C@H](OS(C)(=O)=O)[C@H](OS(C)(=O)=O)C1. The van der Waals surface area contributed by atoms with E-state index >= 15 is 0 Å². The van der Waals surface area contributed by atoms with Gasteiger partial charge in [0, 0.05) is 0 Å². The van der Waals surface area contributed by atoms with Crippen molar-refractivity contribution in [1.29, 1.82) is 0 Å². The van der Waals surface area contributed by atoms with Crippen LogP contribution in [-0.4, -0.2) is 85.7 Å². The van der Waals surface area contributed by atoms with Crippen LogP contribution in [0.1, 0.15) is 41.5 Å². The van der Waals surface area contributed by atoms with Crippen LogP contribution in [0.5, 0.6) is 0 Å². The molecule has 3 atom stereocenters. The van der Waals surface area contributed by atoms with E-state index in [0.717, 1.165) is 12.5 Å². The quantitative estimate of drug-likeness (QED) is 0.396. The molecule has 0 radical (unpaired) electrons. The first-order chi connectivity index (χ1) is 13.5. The first-order valence-corrected chi connectivity index (χ1v) is 16.5. The monoisotopic (exact) mass is 503 g/mol. The molecule has 31 heavy (non-hydrogen) atoms. The Kier molecular flexibility index (Phi) is 8.45. The lowest BCUT2D eigenvalue weighted by Gasteiger charge is -2.46. The highest BCUT2D eigenvalue weighted by molar-refractivity contribution is 7.86. The minimum absolute atomic E-state index is 0.0365. The lowest BCUT2D eigenvalue weighted by molar-refractivity contribution is -0.0804. The van der Waals surface area contributed by atoms with Crippen LogP contribution < -0.4 is 0 Å². The fourth-order valence-electron chi connectivity index (χ4n) is 2.73. The van der Waals surface area contributed by atoms with E-state index in [4.69, 9.17) is 17.5 Å². The molecule has 0 N–H and O–H groups in total. The zero-order valence-electron chi connectivity index (χ0n) is 20.1. The van der Waals surface area contributed by atoms with Gasteiger partial charge in [-0.15, -0.1) is 0 Å². The number of hydrogen-bond donors (Lipinski definition) is 0. The molecule has 1 heterocycles. The molecule has 1 rings (SSSR count). The van der Waals surface area contributed by atoms with Gasteiger partial charge in [-0.3, -0.25) is 8.37 Å². The lowest BCUT2D eigenvalue weighted by Crippen LogP contribution is -2.63. The van der Waals surface area contributed by atoms with Crippen LogP contribution in [0.2, 0.25) is 18.1 Å². The molecule has 0 saturated carbocycles. The fourth-order valence-corrected chi connectivity index (χ4v) is 5.32. The number of ether oxygens (including phenoxy) is 1. The Bertz CT molecular complexity index is 857. The summed E-state index contributed by atoms with van der Waals surface area (Å²) in [6, 6.07) is 0. The van der Waals surface area contributed by atoms with Crippen molar-refractivity contribution in [1.82, 2.24) is 4.90 Å². The molecule has 1 aliphatic rings. The highest BCUT2D eigenvalue weighted by Crippen LogP contribution is 2.39. The maximum Gasteiger partial charge on any atom is 0.410 e. The van der Waals surface area contributed by atoms with Crippen LogP contribution in [-0.2, 0) is 37.8 Å². The Morgan fingerprint density at radius 1 is 0.871 bits per heavy atom. The van der Waals surface area contributed by atoms with E-state index in [9.17, 15) is 21.6 Å². The number of hydrogen-bond acceptors (Lipinski definition) is 9. The molecule has 0 aromatic carbocycles. The van der Waals surface area contributed by atoms with Gasteiger partial charge in [-0.1, -0.05) is 20.8 Å². The number of amides is 1. The minimum Gasteiger partial charge on any atom is -0.444 e. The van der Waals surface area contributed by atoms with Crippen molar-refractivity contribution in [2.24, 2.45) is 0 Å². The summed E-state index contributed by atoms with van der Waals surface area (Å²) in [5.74, 6) is 0. The summed E-state index contributed by atoms with van der Waals surface area (Å²) in [5.41, 5.74) is -0.778. The van der Waals surface area contributed by atoms with Crippen LogP contribution in [0.4, 0.5) is 4.79 Å². The van der Waals surface area contributed by atoms with Gasteiger partial charge in [0.25, 0.3) is 20.2 Å². The summed E-state index contributed by atoms with van der Waals surface area (Å²) in [6.45, 7) is 14.8. The molecule has 10 nitrogen and oxygen atoms in total. The summed E-state index contributed by atoms with van der Waals surface area (Å²) >= 11 is 0. The van der Waals surface area contributed by atoms with Crippen molar-refractivity contribution in [3.05, 3.63) is 0 Å². The molecule has 0 aromatic heterocycles. The second-order valence-corrected chi connectivity index (χ2v) is 18.4. The average molecular weight is 504 g/mol. The van der Waals surface area contributed by atoms with Crippen molar-refractivity contribution in [3.8, 4) is 0 Å². The maximum atomic E-state index is 12.7. The Labute approximate surface area is 187 Å². The fraction of sp³-hybridized carbons (Fsp3) is 0.944. The Balaban J connectivity index is 3.41. The Morgan fingerprint density at radius 2 is 1.32 bits per heavy atom. The van der Waals surface area contributed by atoms with Crippen LogP contribution in [0.15, 0.2) is 0 Å². The van der Waals surface area contributed by atoms with Gasteiger partial charge in [-0.05, 0) is 38.9 Å². The molecule has 1 fully saturated rings. The standard InChI is InChI=1S/C18H37NO9S2Si/c1-17(2,3)25-16(20)19-11-13(26-29(7,21)22)15(27-30(8,23)24)14(12-19)28-31(9,10)18(4,5)6/h13-15H,11-12H2,1-10H3/t13-,14-,15-/m1/s1. The van der Waals surface area contributed by atoms with E-state index < -0.39 is 58.6 Å². The first kappa shape index (κ1) is 28.3. The topological polar surface area (TPSA) is 126 Å². The molecule has 184 valence electrons. The molecule has 1 saturated heterocycles. The second-order valence-electron chi connectivity index (χ2n) is 10.4. The molecular weight excluding hydrogens is 466 g/mol. The van der Waals surface area contributed by atoms with Crippen LogP contribution in [0, 0.1) is 0 Å². The zero-order chi connectivity index (χ0) is 24.6. The van der Waals surface area contributed by atoms with E-state index in [2.05, 4.69) is 0 Å². The van der Waals surface area contributed by atoms with Crippen LogP contribution in [0.25, 0.3) is 0 Å². The molecule has 0 spiro atoms. The highest BCUT2D eigenvalue weighted by Gasteiger charge is 2.49. The summed E-state index contributed by atoms with van der Waals surface area (Å²) in [5, 5.41) is -0.232. The molecule has 0 unspecified atom stereocenters. The van der Waals surface area contributed by atoms with Gasteiger partial charge < -0.3 is 14.1 Å². The smallest absolute Gasteiger partial charge is 0.410 e. The number of carbonyl (C=O) groups is 1.